The number of aromatic nitrogens is 4. The first-order valence-corrected chi connectivity index (χ1v) is 9.83. The van der Waals surface area contributed by atoms with E-state index in [-0.39, 0.29) is 6.10 Å². The van der Waals surface area contributed by atoms with Gasteiger partial charge in [-0.15, -0.1) is 0 Å². The predicted molar refractivity (Wildman–Crippen MR) is 111 cm³/mol. The Kier molecular flexibility index (Phi) is 8.22. The molecular weight excluding hydrogens is 354 g/mol. The number of rotatable bonds is 9. The van der Waals surface area contributed by atoms with Crippen molar-refractivity contribution in [2.45, 2.75) is 53.3 Å². The molecule has 0 aliphatic carbocycles. The smallest absolute Gasteiger partial charge is 0.213 e. The lowest BCUT2D eigenvalue weighted by Gasteiger charge is -2.21. The fourth-order valence-electron chi connectivity index (χ4n) is 2.92. The zero-order valence-corrected chi connectivity index (χ0v) is 17.9. The van der Waals surface area contributed by atoms with Crippen molar-refractivity contribution in [3.8, 4) is 5.88 Å². The molecule has 0 saturated carbocycles. The Morgan fingerprint density at radius 1 is 1.32 bits per heavy atom. The zero-order valence-electron chi connectivity index (χ0n) is 17.9. The van der Waals surface area contributed by atoms with Crippen molar-refractivity contribution in [1.29, 1.82) is 0 Å². The molecule has 1 unspecified atom stereocenters. The van der Waals surface area contributed by atoms with Crippen LogP contribution in [0.2, 0.25) is 0 Å². The topological polar surface area (TPSA) is 80.5 Å². The molecule has 1 N–H and O–H groups in total. The summed E-state index contributed by atoms with van der Waals surface area (Å²) in [6, 6.07) is 3.93. The lowest BCUT2D eigenvalue weighted by atomic mass is 10.1. The number of guanidine groups is 1. The van der Waals surface area contributed by atoms with Crippen molar-refractivity contribution in [1.82, 2.24) is 30.0 Å². The van der Waals surface area contributed by atoms with Crippen molar-refractivity contribution in [2.75, 3.05) is 13.6 Å². The summed E-state index contributed by atoms with van der Waals surface area (Å²) in [7, 11) is 3.88. The summed E-state index contributed by atoms with van der Waals surface area (Å²) in [4.78, 5) is 15.4. The van der Waals surface area contributed by atoms with Crippen LogP contribution in [0.1, 0.15) is 45.5 Å². The van der Waals surface area contributed by atoms with Crippen LogP contribution in [0.15, 0.2) is 29.6 Å². The monoisotopic (exact) mass is 387 g/mol. The number of aliphatic imine (C=N–C) groups is 1. The second kappa shape index (κ2) is 10.6. The van der Waals surface area contributed by atoms with Crippen molar-refractivity contribution in [2.24, 2.45) is 18.0 Å². The van der Waals surface area contributed by atoms with Crippen LogP contribution in [0.25, 0.3) is 0 Å². The van der Waals surface area contributed by atoms with Gasteiger partial charge >= 0.3 is 0 Å². The second-order valence-corrected chi connectivity index (χ2v) is 7.39. The summed E-state index contributed by atoms with van der Waals surface area (Å²) in [5, 5.41) is 7.44. The number of nitrogens with zero attached hydrogens (tertiary/aromatic N) is 6. The molecule has 2 aromatic rings. The first kappa shape index (κ1) is 21.7. The van der Waals surface area contributed by atoms with Crippen LogP contribution in [-0.2, 0) is 20.1 Å². The quantitative estimate of drug-likeness (QED) is 0.526. The number of aryl methyl sites for hydroxylation is 1. The number of nitrogens with one attached hydrogen (secondary N) is 1. The highest BCUT2D eigenvalue weighted by Gasteiger charge is 2.11. The molecule has 0 aliphatic rings. The Labute approximate surface area is 168 Å². The summed E-state index contributed by atoms with van der Waals surface area (Å²) in [5.41, 5.74) is 1.06. The molecule has 1 atom stereocenters. The highest BCUT2D eigenvalue weighted by molar-refractivity contribution is 5.79. The van der Waals surface area contributed by atoms with Gasteiger partial charge in [-0.1, -0.05) is 13.8 Å². The average Bonchev–Trinajstić information content (AvgIpc) is 3.02. The molecule has 0 fully saturated rings. The van der Waals surface area contributed by atoms with E-state index in [1.165, 1.54) is 0 Å². The predicted octanol–water partition coefficient (Wildman–Crippen LogP) is 2.62. The Hall–Kier alpha value is -2.64. The van der Waals surface area contributed by atoms with E-state index in [0.29, 0.717) is 24.9 Å². The minimum Gasteiger partial charge on any atom is -0.475 e. The fraction of sp³-hybridized carbons (Fsp3) is 0.600. The van der Waals surface area contributed by atoms with Gasteiger partial charge in [-0.2, -0.15) is 5.10 Å². The maximum Gasteiger partial charge on any atom is 0.213 e. The molecule has 0 amide bonds. The van der Waals surface area contributed by atoms with Crippen LogP contribution in [0.4, 0.5) is 0 Å². The number of pyridine rings is 1. The van der Waals surface area contributed by atoms with Crippen LogP contribution in [0.5, 0.6) is 5.88 Å². The van der Waals surface area contributed by atoms with Crippen LogP contribution in [0.3, 0.4) is 0 Å². The molecule has 154 valence electrons. The SMILES string of the molecule is CCNC(=NCc1ccnc(OC(C)CC(C)C)c1)N(C)Cc1ncnn1C. The largest absolute Gasteiger partial charge is 0.475 e. The summed E-state index contributed by atoms with van der Waals surface area (Å²) < 4.78 is 7.72. The van der Waals surface area contributed by atoms with Gasteiger partial charge in [0.25, 0.3) is 0 Å². The Bertz CT molecular complexity index is 757. The number of hydrogen-bond acceptors (Lipinski definition) is 5. The maximum atomic E-state index is 5.95. The normalized spacial score (nSPS) is 12.9. The molecule has 8 nitrogen and oxygen atoms in total. The van der Waals surface area contributed by atoms with E-state index in [9.17, 15) is 0 Å². The molecule has 0 radical (unpaired) electrons. The van der Waals surface area contributed by atoms with E-state index in [1.807, 2.05) is 31.1 Å². The van der Waals surface area contributed by atoms with E-state index >= 15 is 0 Å². The molecule has 0 aromatic carbocycles. The highest BCUT2D eigenvalue weighted by atomic mass is 16.5. The highest BCUT2D eigenvalue weighted by Crippen LogP contribution is 2.15. The van der Waals surface area contributed by atoms with Crippen LogP contribution in [0, 0.1) is 5.92 Å². The fourth-order valence-corrected chi connectivity index (χ4v) is 2.92. The first-order chi connectivity index (χ1) is 13.4. The maximum absolute atomic E-state index is 5.95. The summed E-state index contributed by atoms with van der Waals surface area (Å²) in [6.45, 7) is 10.5. The lowest BCUT2D eigenvalue weighted by Crippen LogP contribution is -2.39. The minimum absolute atomic E-state index is 0.140. The number of hydrogen-bond donors (Lipinski definition) is 1. The van der Waals surface area contributed by atoms with Crippen molar-refractivity contribution in [3.05, 3.63) is 36.0 Å². The Balaban J connectivity index is 2.03. The van der Waals surface area contributed by atoms with E-state index < -0.39 is 0 Å². The minimum atomic E-state index is 0.140. The van der Waals surface area contributed by atoms with Gasteiger partial charge in [0.05, 0.1) is 19.2 Å². The van der Waals surface area contributed by atoms with Crippen molar-refractivity contribution < 1.29 is 4.74 Å². The molecule has 28 heavy (non-hydrogen) atoms. The van der Waals surface area contributed by atoms with E-state index in [2.05, 4.69) is 48.1 Å². The van der Waals surface area contributed by atoms with E-state index in [0.717, 1.165) is 30.3 Å². The third-order valence-corrected chi connectivity index (χ3v) is 4.22. The molecule has 0 bridgehead atoms. The Morgan fingerprint density at radius 3 is 2.75 bits per heavy atom. The van der Waals surface area contributed by atoms with Crippen molar-refractivity contribution >= 4 is 5.96 Å². The van der Waals surface area contributed by atoms with Gasteiger partial charge in [0.15, 0.2) is 5.96 Å². The first-order valence-electron chi connectivity index (χ1n) is 9.83. The second-order valence-electron chi connectivity index (χ2n) is 7.39. The van der Waals surface area contributed by atoms with Gasteiger partial charge in [-0.3, -0.25) is 4.68 Å². The molecule has 8 heteroatoms. The molecule has 2 rings (SSSR count). The van der Waals surface area contributed by atoms with Gasteiger partial charge in [0, 0.05) is 32.9 Å². The number of ether oxygens (including phenoxy) is 1. The third-order valence-electron chi connectivity index (χ3n) is 4.22. The van der Waals surface area contributed by atoms with Crippen molar-refractivity contribution in [3.63, 3.8) is 0 Å². The Morgan fingerprint density at radius 2 is 2.11 bits per heavy atom. The summed E-state index contributed by atoms with van der Waals surface area (Å²) >= 11 is 0. The van der Waals surface area contributed by atoms with Crippen LogP contribution >= 0.6 is 0 Å². The summed E-state index contributed by atoms with van der Waals surface area (Å²) in [6.07, 6.45) is 4.48. The van der Waals surface area contributed by atoms with Gasteiger partial charge < -0.3 is 15.0 Å². The van der Waals surface area contributed by atoms with Gasteiger partial charge in [-0.25, -0.2) is 15.0 Å². The molecule has 2 aromatic heterocycles. The molecule has 0 aliphatic heterocycles. The molecule has 0 saturated heterocycles. The average molecular weight is 388 g/mol. The van der Waals surface area contributed by atoms with Gasteiger partial charge in [0.1, 0.15) is 12.2 Å². The lowest BCUT2D eigenvalue weighted by molar-refractivity contribution is 0.185. The van der Waals surface area contributed by atoms with E-state index in [1.54, 1.807) is 17.2 Å². The zero-order chi connectivity index (χ0) is 20.5. The molecule has 0 spiro atoms. The third kappa shape index (κ3) is 6.83. The standard InChI is InChI=1S/C20H33N7O/c1-7-21-20(26(5)13-18-24-14-25-27(18)6)23-12-17-8-9-22-19(11-17)28-16(4)10-15(2)3/h8-9,11,14-16H,7,10,12-13H2,1-6H3,(H,21,23). The van der Waals surface area contributed by atoms with Gasteiger partial charge in [-0.05, 0) is 37.8 Å². The van der Waals surface area contributed by atoms with Crippen LogP contribution in [-0.4, -0.2) is 50.3 Å². The summed E-state index contributed by atoms with van der Waals surface area (Å²) in [5.74, 6) is 2.94. The molecule has 2 heterocycles. The van der Waals surface area contributed by atoms with E-state index in [4.69, 9.17) is 9.73 Å². The van der Waals surface area contributed by atoms with Crippen LogP contribution < -0.4 is 10.1 Å². The van der Waals surface area contributed by atoms with Gasteiger partial charge in [0.2, 0.25) is 5.88 Å². The molecular formula is C20H33N7O.